The first-order valence-electron chi connectivity index (χ1n) is 43.4. The van der Waals surface area contributed by atoms with Crippen LogP contribution >= 0.6 is 56.7 Å². The lowest BCUT2D eigenvalue weighted by Crippen LogP contribution is -2.45. The smallest absolute Gasteiger partial charge is 0.355 e. The summed E-state index contributed by atoms with van der Waals surface area (Å²) in [5, 5.41) is 0. The number of nitrogens with two attached hydrogens (primary N) is 1. The molecule has 3 N–H and O–H groups in total. The normalized spacial score (nSPS) is 18.8. The van der Waals surface area contributed by atoms with Crippen LogP contribution in [0.1, 0.15) is 199 Å². The minimum atomic E-state index is -4.08. The summed E-state index contributed by atoms with van der Waals surface area (Å²) in [7, 11) is 1.16. The number of hydrogen-bond donors (Lipinski definition) is 2. The Morgan fingerprint density at radius 2 is 0.772 bits per heavy atom. The van der Waals surface area contributed by atoms with Gasteiger partial charge < -0.3 is 44.9 Å². The second-order valence-corrected chi connectivity index (χ2v) is 41.3. The maximum Gasteiger partial charge on any atom is 0.393 e. The fourth-order valence-corrected chi connectivity index (χ4v) is 23.6. The molecular weight excluding hydrogens is 1690 g/mol. The monoisotopic (exact) mass is 1800 g/mol. The van der Waals surface area contributed by atoms with E-state index in [4.69, 9.17) is 5.73 Å². The van der Waals surface area contributed by atoms with Crippen molar-refractivity contribution in [2.75, 3.05) is 163 Å². The first-order chi connectivity index (χ1) is 59.0. The van der Waals surface area contributed by atoms with E-state index < -0.39 is 22.1 Å². The zero-order chi connectivity index (χ0) is 87.2. The number of fused-ring (bicyclic) bond motifs is 5. The van der Waals surface area contributed by atoms with E-state index in [9.17, 15) is 45.6 Å². The van der Waals surface area contributed by atoms with Crippen LogP contribution < -0.4 is 35.0 Å². The molecule has 0 amide bonds. The van der Waals surface area contributed by atoms with Gasteiger partial charge in [0, 0.05) is 97.7 Å². The molecule has 7 aliphatic rings. The molecule has 2 unspecified atom stereocenters. The van der Waals surface area contributed by atoms with Crippen LogP contribution in [-0.2, 0) is 10.0 Å². The van der Waals surface area contributed by atoms with Crippen molar-refractivity contribution in [1.29, 1.82) is 0 Å². The molecule has 17 rings (SSSR count). The number of alkyl halides is 3. The van der Waals surface area contributed by atoms with Gasteiger partial charge in [-0.1, -0.05) is 0 Å². The number of Topliss-reactive ketones (excluding diaryl/α,β-unsaturated/α-hetero) is 5. The van der Waals surface area contributed by atoms with Gasteiger partial charge >= 0.3 is 6.18 Å². The molecule has 0 aromatic carbocycles. The van der Waals surface area contributed by atoms with Crippen LogP contribution in [0.4, 0.5) is 42.3 Å². The molecule has 0 radical (unpaired) electrons. The first kappa shape index (κ1) is 92.7. The van der Waals surface area contributed by atoms with Crippen LogP contribution in [-0.4, -0.2) is 252 Å². The van der Waals surface area contributed by atoms with E-state index in [1.54, 1.807) is 59.9 Å². The van der Waals surface area contributed by atoms with E-state index in [-0.39, 0.29) is 41.9 Å². The minimum Gasteiger partial charge on any atom is -0.355 e. The summed E-state index contributed by atoms with van der Waals surface area (Å²) < 4.78 is 69.0. The Morgan fingerprint density at radius 3 is 1.08 bits per heavy atom. The van der Waals surface area contributed by atoms with Gasteiger partial charge in [-0.25, -0.2) is 63.0 Å². The lowest BCUT2D eigenvalue weighted by atomic mass is 9.89. The van der Waals surface area contributed by atoms with Gasteiger partial charge in [0.25, 0.3) is 0 Å². The number of carbonyl (C=O) groups is 5. The third-order valence-electron chi connectivity index (χ3n) is 24.9. The fraction of sp³-hybridized carbons (Fsp3) is 0.598. The van der Waals surface area contributed by atoms with Crippen molar-refractivity contribution in [3.8, 4) is 0 Å². The highest BCUT2D eigenvalue weighted by Gasteiger charge is 2.42. The molecule has 17 heterocycles. The van der Waals surface area contributed by atoms with Crippen LogP contribution in [0, 0.1) is 35.5 Å². The van der Waals surface area contributed by atoms with Gasteiger partial charge in [0.2, 0.25) is 10.0 Å². The quantitative estimate of drug-likeness (QED) is 0.0562. The Bertz CT molecular complexity index is 5360. The van der Waals surface area contributed by atoms with Gasteiger partial charge in [0.05, 0.1) is 87.6 Å². The van der Waals surface area contributed by atoms with Gasteiger partial charge in [-0.15, -0.1) is 56.7 Å². The number of piperidine rings is 6. The number of anilines is 5. The lowest BCUT2D eigenvalue weighted by molar-refractivity contribution is -0.187. The number of nitrogens with zero attached hydrogens (tertiary/aromatic N) is 18. The number of nitrogens with one attached hydrogen (secondary N) is 1. The summed E-state index contributed by atoms with van der Waals surface area (Å²) in [5.41, 5.74) is 9.87. The second kappa shape index (κ2) is 42.6. The summed E-state index contributed by atoms with van der Waals surface area (Å²) in [5.74, 6) is 7.18. The van der Waals surface area contributed by atoms with Crippen molar-refractivity contribution in [2.45, 2.75) is 163 Å². The Kier molecular flexibility index (Phi) is 32.1. The largest absolute Gasteiger partial charge is 0.393 e. The zero-order valence-electron chi connectivity index (χ0n) is 72.1. The Labute approximate surface area is 738 Å². The van der Waals surface area contributed by atoms with Crippen molar-refractivity contribution in [3.05, 3.63) is 86.4 Å². The molecular formula is C87H117F3N20O7S6. The lowest BCUT2D eigenvalue weighted by Gasteiger charge is -2.38. The summed E-state index contributed by atoms with van der Waals surface area (Å²) in [6.07, 6.45) is 22.9. The Hall–Kier alpha value is -7.91. The maximum absolute atomic E-state index is 13.0. The molecule has 36 heteroatoms. The number of aromatic nitrogens is 10. The number of thiophene rings is 5. The molecule has 10 aromatic heterocycles. The van der Waals surface area contributed by atoms with Crippen molar-refractivity contribution in [2.24, 2.45) is 41.2 Å². The van der Waals surface area contributed by atoms with Crippen molar-refractivity contribution >= 4 is 176 Å². The molecule has 10 aromatic rings. The zero-order valence-corrected chi connectivity index (χ0v) is 77.0. The van der Waals surface area contributed by atoms with Crippen molar-refractivity contribution in [1.82, 2.24) is 69.3 Å². The standard InChI is InChI=1S/C20H25F3N4OS.C19H26N4OS.C16H22N4O3S2.2C16H22N4OS/c1-13(28)17-9-16-18(29-17)19(25-12-24-16)27-7-4-14(5-8-27)10-26-6-2-3-15(11-26)20(21,22)23;1-13(22-7-3-4-8-22)15-5-9-23(10-6-15)19-18-16(20-12-21-19)11-17(25-18)14(2)24;1-11(21)14-9-13-15(24-14)16(18-10-17-13)20-7-4-12(5-8-20)3-6-19-25(2,22)23;1-11(21)14-8-13-15(22-14)16(18-10-17-13)20-6-4-12(5-7-20)9-19(2)3;1-11(21)14-9-13-15(22-14)16(19-10-18-13)20-7-4-12(5-8-20)3-2-6-17/h9,12,14-15H,2-8,10-11H2,1H3;11-13,15H,3-10H2,1-2H3;9-10,12,19H,3-8H2,1-2H3;8,10,12H,4-7,9H2,1-3H3;9-10,12H,2-8,17H2,1H3. The maximum atomic E-state index is 13.0. The number of carbonyl (C=O) groups excluding carboxylic acids is 5. The summed E-state index contributed by atoms with van der Waals surface area (Å²) in [6, 6.07) is 10.00. The molecule has 123 heavy (non-hydrogen) atoms. The van der Waals surface area contributed by atoms with Crippen molar-refractivity contribution < 1.29 is 45.6 Å². The average Bonchev–Trinajstić information content (AvgIpc) is 1.69. The molecule has 0 bridgehead atoms. The molecule has 27 nitrogen and oxygen atoms in total. The van der Waals surface area contributed by atoms with Crippen LogP contribution in [0.3, 0.4) is 0 Å². The molecule has 7 fully saturated rings. The highest BCUT2D eigenvalue weighted by atomic mass is 32.2. The number of halogens is 3. The van der Waals surface area contributed by atoms with Gasteiger partial charge in [-0.3, -0.25) is 24.0 Å². The summed E-state index contributed by atoms with van der Waals surface area (Å²) in [4.78, 5) is 124. The van der Waals surface area contributed by atoms with Gasteiger partial charge in [0.1, 0.15) is 60.7 Å². The van der Waals surface area contributed by atoms with Gasteiger partial charge in [-0.2, -0.15) is 13.2 Å². The Balaban J connectivity index is 0.000000133. The van der Waals surface area contributed by atoms with Gasteiger partial charge in [0.15, 0.2) is 28.9 Å². The molecule has 0 spiro atoms. The summed E-state index contributed by atoms with van der Waals surface area (Å²) in [6.45, 7) is 26.5. The van der Waals surface area contributed by atoms with Gasteiger partial charge in [-0.05, 0) is 251 Å². The molecule has 7 saturated heterocycles. The predicted molar refractivity (Wildman–Crippen MR) is 492 cm³/mol. The fourth-order valence-electron chi connectivity index (χ4n) is 18.0. The number of rotatable bonds is 23. The molecule has 664 valence electrons. The molecule has 0 saturated carbocycles. The Morgan fingerprint density at radius 1 is 0.455 bits per heavy atom. The number of hydrogen-bond acceptors (Lipinski definition) is 31. The van der Waals surface area contributed by atoms with E-state index in [2.05, 4.69) is 110 Å². The van der Waals surface area contributed by atoms with E-state index in [1.807, 2.05) is 35.2 Å². The average molecular weight is 1800 g/mol. The number of sulfonamides is 1. The van der Waals surface area contributed by atoms with E-state index in [0.717, 1.165) is 243 Å². The molecule has 7 aliphatic heterocycles. The molecule has 2 atom stereocenters. The van der Waals surface area contributed by atoms with E-state index in [1.165, 1.54) is 140 Å². The van der Waals surface area contributed by atoms with Crippen LogP contribution in [0.2, 0.25) is 0 Å². The highest BCUT2D eigenvalue weighted by Crippen LogP contribution is 2.42. The number of ketones is 5. The van der Waals surface area contributed by atoms with E-state index in [0.29, 0.717) is 40.6 Å². The van der Waals surface area contributed by atoms with Crippen molar-refractivity contribution in [3.63, 3.8) is 0 Å². The minimum absolute atomic E-state index is 0.0244. The topological polar surface area (TPSA) is 312 Å². The third-order valence-corrected chi connectivity index (χ3v) is 31.8. The second-order valence-electron chi connectivity index (χ2n) is 34.2. The van der Waals surface area contributed by atoms with E-state index >= 15 is 0 Å². The first-order valence-corrected chi connectivity index (χ1v) is 49.3. The highest BCUT2D eigenvalue weighted by molar-refractivity contribution is 7.88. The molecule has 0 aliphatic carbocycles. The SMILES string of the molecule is CC(=O)c1cc2ncnc(N3CCC(C(C)N4CCCC4)CC3)c2s1.CC(=O)c1cc2ncnc(N3CCC(CCCN)CC3)c2s1.CC(=O)c1cc2ncnc(N3CCC(CCNS(C)(=O)=O)CC3)c2s1.CC(=O)c1cc2ncnc(N3CCC(CN(C)C)CC3)c2s1.CC(=O)c1cc2ncnc(N3CCC(CN4CCCC(C(F)(F)F)C4)CC3)c2s1. The number of likely N-dealkylation sites (tertiary alicyclic amines) is 2. The van der Waals surface area contributed by atoms with Crippen LogP contribution in [0.5, 0.6) is 0 Å². The third kappa shape index (κ3) is 24.5. The predicted octanol–water partition coefficient (Wildman–Crippen LogP) is 15.5. The summed E-state index contributed by atoms with van der Waals surface area (Å²) >= 11 is 7.43. The van der Waals surface area contributed by atoms with Crippen LogP contribution in [0.25, 0.3) is 51.1 Å². The van der Waals surface area contributed by atoms with Crippen LogP contribution in [0.15, 0.2) is 62.0 Å².